The molecular formula is C34H41F4N5O6. The lowest BCUT2D eigenvalue weighted by molar-refractivity contribution is -0.144. The molecule has 0 aromatic heterocycles. The maximum absolute atomic E-state index is 13.9. The van der Waals surface area contributed by atoms with Gasteiger partial charge in [-0.25, -0.2) is 14.0 Å². The lowest BCUT2D eigenvalue weighted by atomic mass is 10.0. The SMILES string of the molecule is COC(=O)[C@@H](NC(=O)N[C@@H](Cc1cccc(C(F)(F)F)c1)C(=O)N[C@H]1CCCCNC(=O)C=C[C@H](Cc2cccc(F)c2)NC1=O)C(C)C. The smallest absolute Gasteiger partial charge is 0.416 e. The summed E-state index contributed by atoms with van der Waals surface area (Å²) in [5.41, 5.74) is -0.351. The Kier molecular flexibility index (Phi) is 14.1. The first-order valence-corrected chi connectivity index (χ1v) is 15.8. The lowest BCUT2D eigenvalue weighted by Gasteiger charge is -2.26. The van der Waals surface area contributed by atoms with Crippen LogP contribution in [-0.2, 0) is 42.9 Å². The third-order valence-electron chi connectivity index (χ3n) is 7.73. The molecule has 49 heavy (non-hydrogen) atoms. The third kappa shape index (κ3) is 12.5. The van der Waals surface area contributed by atoms with Crippen molar-refractivity contribution in [1.29, 1.82) is 0 Å². The van der Waals surface area contributed by atoms with Gasteiger partial charge in [-0.05, 0) is 60.9 Å². The van der Waals surface area contributed by atoms with Gasteiger partial charge in [0.1, 0.15) is 23.9 Å². The highest BCUT2D eigenvalue weighted by atomic mass is 19.4. The second kappa shape index (κ2) is 18.0. The molecule has 4 atom stereocenters. The van der Waals surface area contributed by atoms with E-state index in [-0.39, 0.29) is 37.3 Å². The topological polar surface area (TPSA) is 155 Å². The number of urea groups is 1. The summed E-state index contributed by atoms with van der Waals surface area (Å²) in [4.78, 5) is 64.9. The molecule has 266 valence electrons. The number of hydrogen-bond acceptors (Lipinski definition) is 6. The minimum Gasteiger partial charge on any atom is -0.467 e. The molecule has 15 heteroatoms. The molecule has 2 aromatic carbocycles. The van der Waals surface area contributed by atoms with Crippen molar-refractivity contribution in [2.45, 2.75) is 76.3 Å². The number of nitrogens with one attached hydrogen (secondary N) is 5. The van der Waals surface area contributed by atoms with E-state index in [4.69, 9.17) is 4.74 Å². The first-order valence-electron chi connectivity index (χ1n) is 15.8. The summed E-state index contributed by atoms with van der Waals surface area (Å²) in [5.74, 6) is -3.52. The number of ether oxygens (including phenoxy) is 1. The van der Waals surface area contributed by atoms with Crippen LogP contribution in [0.1, 0.15) is 49.8 Å². The number of amides is 5. The van der Waals surface area contributed by atoms with Crippen LogP contribution in [0.2, 0.25) is 0 Å². The van der Waals surface area contributed by atoms with Crippen molar-refractivity contribution in [2.24, 2.45) is 5.92 Å². The van der Waals surface area contributed by atoms with Crippen molar-refractivity contribution >= 4 is 29.7 Å². The highest BCUT2D eigenvalue weighted by molar-refractivity contribution is 5.93. The molecule has 0 unspecified atom stereocenters. The number of carbonyl (C=O) groups excluding carboxylic acids is 5. The number of carbonyl (C=O) groups is 5. The van der Waals surface area contributed by atoms with Crippen molar-refractivity contribution in [3.8, 4) is 0 Å². The second-order valence-electron chi connectivity index (χ2n) is 12.0. The van der Waals surface area contributed by atoms with Gasteiger partial charge in [0.05, 0.1) is 18.7 Å². The summed E-state index contributed by atoms with van der Waals surface area (Å²) in [6.07, 6.45) is -1.26. The van der Waals surface area contributed by atoms with Gasteiger partial charge in [-0.1, -0.05) is 50.3 Å². The van der Waals surface area contributed by atoms with Crippen LogP contribution in [0.25, 0.3) is 0 Å². The third-order valence-corrected chi connectivity index (χ3v) is 7.73. The quantitative estimate of drug-likeness (QED) is 0.190. The van der Waals surface area contributed by atoms with Crippen LogP contribution in [0, 0.1) is 11.7 Å². The summed E-state index contributed by atoms with van der Waals surface area (Å²) < 4.78 is 59.0. The molecular weight excluding hydrogens is 650 g/mol. The number of halogens is 4. The van der Waals surface area contributed by atoms with E-state index in [1.165, 1.54) is 42.5 Å². The van der Waals surface area contributed by atoms with Crippen LogP contribution >= 0.6 is 0 Å². The molecule has 0 radical (unpaired) electrons. The average molecular weight is 692 g/mol. The zero-order valence-electron chi connectivity index (χ0n) is 27.4. The van der Waals surface area contributed by atoms with Gasteiger partial charge in [-0.15, -0.1) is 0 Å². The molecule has 0 fully saturated rings. The lowest BCUT2D eigenvalue weighted by Crippen LogP contribution is -2.58. The highest BCUT2D eigenvalue weighted by Crippen LogP contribution is 2.29. The Morgan fingerprint density at radius 1 is 1.00 bits per heavy atom. The van der Waals surface area contributed by atoms with Crippen LogP contribution in [0.4, 0.5) is 22.4 Å². The summed E-state index contributed by atoms with van der Waals surface area (Å²) in [7, 11) is 1.14. The van der Waals surface area contributed by atoms with Gasteiger partial charge in [-0.2, -0.15) is 13.2 Å². The zero-order valence-corrected chi connectivity index (χ0v) is 27.4. The van der Waals surface area contributed by atoms with E-state index in [9.17, 15) is 41.5 Å². The highest BCUT2D eigenvalue weighted by Gasteiger charge is 2.33. The first-order chi connectivity index (χ1) is 23.2. The van der Waals surface area contributed by atoms with E-state index in [0.29, 0.717) is 18.4 Å². The number of esters is 1. The Hall–Kier alpha value is -4.95. The van der Waals surface area contributed by atoms with E-state index < -0.39 is 71.5 Å². The van der Waals surface area contributed by atoms with Crippen LogP contribution in [0.5, 0.6) is 0 Å². The van der Waals surface area contributed by atoms with Gasteiger partial charge in [-0.3, -0.25) is 14.4 Å². The minimum absolute atomic E-state index is 0.0721. The fraction of sp³-hybridized carbons (Fsp3) is 0.441. The maximum atomic E-state index is 13.9. The van der Waals surface area contributed by atoms with Crippen LogP contribution in [0.15, 0.2) is 60.7 Å². The van der Waals surface area contributed by atoms with E-state index in [1.54, 1.807) is 19.9 Å². The number of benzene rings is 2. The molecule has 1 heterocycles. The second-order valence-corrected chi connectivity index (χ2v) is 12.0. The standard InChI is InChI=1S/C34H41F4N5O6/c1-20(2)29(32(47)49-3)43-33(48)42-27(19-21-8-6-10-23(16-21)34(36,37)38)31(46)41-26-12-4-5-15-39-28(44)14-13-25(40-30(26)45)18-22-9-7-11-24(35)17-22/h6-11,13-14,16-17,20,25-27,29H,4-5,12,15,18-19H2,1-3H3,(H,39,44)(H,40,45)(H,41,46)(H2,42,43,48)/t25-,26+,27+,29+/m1/s1. The predicted octanol–water partition coefficient (Wildman–Crippen LogP) is 3.32. The zero-order chi connectivity index (χ0) is 36.1. The molecule has 0 saturated heterocycles. The molecule has 0 spiro atoms. The first kappa shape index (κ1) is 38.5. The molecule has 1 aliphatic heterocycles. The number of alkyl halides is 3. The Morgan fingerprint density at radius 2 is 1.71 bits per heavy atom. The molecule has 5 N–H and O–H groups in total. The Morgan fingerprint density at radius 3 is 2.39 bits per heavy atom. The van der Waals surface area contributed by atoms with Gasteiger partial charge in [0.25, 0.3) is 0 Å². The van der Waals surface area contributed by atoms with E-state index in [1.807, 2.05) is 0 Å². The Bertz CT molecular complexity index is 1520. The molecule has 3 rings (SSSR count). The normalized spacial score (nSPS) is 18.5. The fourth-order valence-corrected chi connectivity index (χ4v) is 5.14. The summed E-state index contributed by atoms with van der Waals surface area (Å²) >= 11 is 0. The number of methoxy groups -OCH3 is 1. The molecule has 0 bridgehead atoms. The van der Waals surface area contributed by atoms with Crippen LogP contribution in [-0.4, -0.2) is 67.5 Å². The van der Waals surface area contributed by atoms with Gasteiger partial charge in [0, 0.05) is 19.0 Å². The van der Waals surface area contributed by atoms with Crippen molar-refractivity contribution in [3.05, 3.63) is 83.2 Å². The Balaban J connectivity index is 1.88. The molecule has 0 aliphatic carbocycles. The summed E-state index contributed by atoms with van der Waals surface area (Å²) in [6.45, 7) is 3.59. The summed E-state index contributed by atoms with van der Waals surface area (Å²) in [6, 6.07) is 4.49. The molecule has 0 saturated carbocycles. The van der Waals surface area contributed by atoms with E-state index >= 15 is 0 Å². The van der Waals surface area contributed by atoms with Gasteiger partial charge < -0.3 is 31.3 Å². The largest absolute Gasteiger partial charge is 0.467 e. The van der Waals surface area contributed by atoms with Crippen molar-refractivity contribution in [2.75, 3.05) is 13.7 Å². The molecule has 1 aliphatic rings. The van der Waals surface area contributed by atoms with Crippen LogP contribution < -0.4 is 26.6 Å². The molecule has 5 amide bonds. The van der Waals surface area contributed by atoms with Gasteiger partial charge >= 0.3 is 18.2 Å². The predicted molar refractivity (Wildman–Crippen MR) is 171 cm³/mol. The van der Waals surface area contributed by atoms with Crippen LogP contribution in [0.3, 0.4) is 0 Å². The minimum atomic E-state index is -4.66. The maximum Gasteiger partial charge on any atom is 0.416 e. The van der Waals surface area contributed by atoms with Gasteiger partial charge in [0.15, 0.2) is 0 Å². The Labute approximate surface area is 281 Å². The number of rotatable bonds is 10. The average Bonchev–Trinajstić information content (AvgIpc) is 3.03. The molecule has 11 nitrogen and oxygen atoms in total. The van der Waals surface area contributed by atoms with E-state index in [0.717, 1.165) is 19.2 Å². The summed E-state index contributed by atoms with van der Waals surface area (Å²) in [5, 5.41) is 13.0. The monoisotopic (exact) mass is 691 g/mol. The van der Waals surface area contributed by atoms with Gasteiger partial charge in [0.2, 0.25) is 17.7 Å². The number of hydrogen-bond donors (Lipinski definition) is 5. The van der Waals surface area contributed by atoms with Crippen molar-refractivity contribution in [3.63, 3.8) is 0 Å². The van der Waals surface area contributed by atoms with Crippen molar-refractivity contribution in [1.82, 2.24) is 26.6 Å². The molecule has 2 aromatic rings. The van der Waals surface area contributed by atoms with E-state index in [2.05, 4.69) is 26.6 Å². The fourth-order valence-electron chi connectivity index (χ4n) is 5.14. The van der Waals surface area contributed by atoms with Crippen molar-refractivity contribution < 1.29 is 46.3 Å².